The van der Waals surface area contributed by atoms with Crippen molar-refractivity contribution in [1.29, 1.82) is 5.26 Å². The van der Waals surface area contributed by atoms with Crippen molar-refractivity contribution in [2.75, 3.05) is 22.3 Å². The van der Waals surface area contributed by atoms with E-state index in [0.717, 1.165) is 29.8 Å². The highest BCUT2D eigenvalue weighted by Gasteiger charge is 2.24. The summed E-state index contributed by atoms with van der Waals surface area (Å²) < 4.78 is 20.7. The Hall–Kier alpha value is -3.63. The maximum absolute atomic E-state index is 13.6. The molecule has 3 aromatic carbocycles. The summed E-state index contributed by atoms with van der Waals surface area (Å²) in [6.45, 7) is 3.28. The minimum atomic E-state index is -1.44. The second-order valence-corrected chi connectivity index (χ2v) is 9.60. The van der Waals surface area contributed by atoms with Crippen LogP contribution in [0.4, 0.5) is 11.4 Å². The van der Waals surface area contributed by atoms with Crippen molar-refractivity contribution in [1.82, 2.24) is 0 Å². The molecular formula is C27H27N3O3S. The summed E-state index contributed by atoms with van der Waals surface area (Å²) in [5, 5.41) is 9.93. The Labute approximate surface area is 203 Å². The Morgan fingerprint density at radius 3 is 2.32 bits per heavy atom. The summed E-state index contributed by atoms with van der Waals surface area (Å²) in [5.74, 6) is -0.259. The summed E-state index contributed by atoms with van der Waals surface area (Å²) >= 11 is 0. The Morgan fingerprint density at radius 1 is 1.06 bits per heavy atom. The lowest BCUT2D eigenvalue weighted by Crippen LogP contribution is -2.38. The maximum atomic E-state index is 13.6. The average Bonchev–Trinajstić information content (AvgIpc) is 2.88. The number of carbonyl (C=O) groups is 1. The van der Waals surface area contributed by atoms with Gasteiger partial charge in [0, 0.05) is 32.9 Å². The molecule has 1 fully saturated rings. The Balaban J connectivity index is 1.61. The predicted octanol–water partition coefficient (Wildman–Crippen LogP) is 4.82. The van der Waals surface area contributed by atoms with Gasteiger partial charge in [0.15, 0.2) is 11.0 Å². The topological polar surface area (TPSA) is 73.6 Å². The first-order valence-corrected chi connectivity index (χ1v) is 12.4. The van der Waals surface area contributed by atoms with Crippen molar-refractivity contribution in [2.24, 2.45) is 0 Å². The van der Waals surface area contributed by atoms with Crippen LogP contribution in [0.2, 0.25) is 0 Å². The molecule has 1 aliphatic rings. The first kappa shape index (κ1) is 23.5. The van der Waals surface area contributed by atoms with Gasteiger partial charge in [-0.1, -0.05) is 48.5 Å². The Kier molecular flexibility index (Phi) is 7.61. The molecule has 3 aromatic rings. The molecule has 0 bridgehead atoms. The van der Waals surface area contributed by atoms with Crippen molar-refractivity contribution in [3.63, 3.8) is 0 Å². The summed E-state index contributed by atoms with van der Waals surface area (Å²) in [4.78, 5) is 14.1. The Morgan fingerprint density at radius 2 is 1.71 bits per heavy atom. The van der Waals surface area contributed by atoms with E-state index in [1.165, 1.54) is 6.92 Å². The number of hydrogen-bond acceptors (Lipinski definition) is 5. The van der Waals surface area contributed by atoms with Crippen LogP contribution in [0, 0.1) is 11.3 Å². The molecule has 6 nitrogen and oxygen atoms in total. The van der Waals surface area contributed by atoms with Gasteiger partial charge in [-0.05, 0) is 35.9 Å². The first-order chi connectivity index (χ1) is 16.5. The highest BCUT2D eigenvalue weighted by molar-refractivity contribution is 7.86. The number of nitriles is 1. The number of piperidine rings is 1. The summed E-state index contributed by atoms with van der Waals surface area (Å²) in [6.07, 6.45) is 1.38. The normalized spacial score (nSPS) is 14.8. The smallest absolute Gasteiger partial charge is 0.302 e. The average molecular weight is 474 g/mol. The molecule has 0 amide bonds. The highest BCUT2D eigenvalue weighted by Crippen LogP contribution is 2.31. The van der Waals surface area contributed by atoms with Gasteiger partial charge in [0.05, 0.1) is 28.4 Å². The fraction of sp³-hybridized carbons (Fsp3) is 0.259. The zero-order valence-corrected chi connectivity index (χ0v) is 19.9. The second kappa shape index (κ2) is 11.0. The van der Waals surface area contributed by atoms with Crippen LogP contribution in [0.15, 0.2) is 83.8 Å². The third-order valence-corrected chi connectivity index (χ3v) is 7.23. The van der Waals surface area contributed by atoms with Crippen LogP contribution < -0.4 is 9.21 Å². The van der Waals surface area contributed by atoms with E-state index in [2.05, 4.69) is 11.0 Å². The van der Waals surface area contributed by atoms with Gasteiger partial charge in [-0.3, -0.25) is 9.10 Å². The van der Waals surface area contributed by atoms with E-state index in [1.807, 2.05) is 83.2 Å². The van der Waals surface area contributed by atoms with E-state index in [-0.39, 0.29) is 12.1 Å². The number of anilines is 2. The van der Waals surface area contributed by atoms with Gasteiger partial charge in [-0.2, -0.15) is 5.26 Å². The highest BCUT2D eigenvalue weighted by atomic mass is 32.2. The SMILES string of the molecule is CC(=O)OC1CCN(c2ccc(N(Cc3ccccc3)S(=O)c3ccccc3)cc2C#N)CC1. The number of rotatable bonds is 7. The summed E-state index contributed by atoms with van der Waals surface area (Å²) in [7, 11) is -1.44. The van der Waals surface area contributed by atoms with Crippen molar-refractivity contribution in [3.05, 3.63) is 90.0 Å². The quantitative estimate of drug-likeness (QED) is 0.460. The Bertz CT molecular complexity index is 1190. The van der Waals surface area contributed by atoms with Crippen LogP contribution in [-0.4, -0.2) is 29.4 Å². The van der Waals surface area contributed by atoms with Crippen molar-refractivity contribution >= 4 is 28.3 Å². The van der Waals surface area contributed by atoms with E-state index in [1.54, 1.807) is 0 Å². The van der Waals surface area contributed by atoms with E-state index in [0.29, 0.717) is 30.1 Å². The molecule has 34 heavy (non-hydrogen) atoms. The lowest BCUT2D eigenvalue weighted by molar-refractivity contribution is -0.147. The molecule has 0 aromatic heterocycles. The summed E-state index contributed by atoms with van der Waals surface area (Å²) in [5.41, 5.74) is 3.13. The maximum Gasteiger partial charge on any atom is 0.302 e. The van der Waals surface area contributed by atoms with Crippen molar-refractivity contribution in [3.8, 4) is 6.07 Å². The molecule has 0 aliphatic carbocycles. The molecule has 1 aliphatic heterocycles. The third kappa shape index (κ3) is 5.64. The zero-order valence-electron chi connectivity index (χ0n) is 19.1. The van der Waals surface area contributed by atoms with Gasteiger partial charge < -0.3 is 9.64 Å². The monoisotopic (exact) mass is 473 g/mol. The molecule has 0 saturated carbocycles. The standard InChI is InChI=1S/C27H27N3O3S/c1-21(31)33-25-14-16-29(17-15-25)27-13-12-24(18-23(27)19-28)30(20-22-8-4-2-5-9-22)34(32)26-10-6-3-7-11-26/h2-13,18,25H,14-17,20H2,1H3. The van der Waals surface area contributed by atoms with Gasteiger partial charge in [0.2, 0.25) is 0 Å². The number of benzene rings is 3. The number of ether oxygens (including phenoxy) is 1. The number of carbonyl (C=O) groups excluding carboxylic acids is 1. The van der Waals surface area contributed by atoms with E-state index in [9.17, 15) is 14.3 Å². The fourth-order valence-electron chi connectivity index (χ4n) is 4.15. The van der Waals surface area contributed by atoms with Gasteiger partial charge in [0.25, 0.3) is 0 Å². The van der Waals surface area contributed by atoms with Crippen LogP contribution in [0.5, 0.6) is 0 Å². The molecule has 0 spiro atoms. The number of hydrogen-bond donors (Lipinski definition) is 0. The molecule has 1 saturated heterocycles. The zero-order chi connectivity index (χ0) is 23.9. The van der Waals surface area contributed by atoms with E-state index < -0.39 is 11.0 Å². The van der Waals surface area contributed by atoms with Crippen LogP contribution >= 0.6 is 0 Å². The van der Waals surface area contributed by atoms with E-state index in [4.69, 9.17) is 4.74 Å². The number of esters is 1. The first-order valence-electron chi connectivity index (χ1n) is 11.3. The summed E-state index contributed by atoms with van der Waals surface area (Å²) in [6, 6.07) is 27.2. The van der Waals surface area contributed by atoms with Gasteiger partial charge in [-0.15, -0.1) is 0 Å². The van der Waals surface area contributed by atoms with Crippen molar-refractivity contribution < 1.29 is 13.7 Å². The van der Waals surface area contributed by atoms with Crippen LogP contribution in [0.25, 0.3) is 0 Å². The second-order valence-electron chi connectivity index (χ2n) is 8.19. The van der Waals surface area contributed by atoms with Gasteiger partial charge >= 0.3 is 5.97 Å². The van der Waals surface area contributed by atoms with Gasteiger partial charge in [-0.25, -0.2) is 4.21 Å². The fourth-order valence-corrected chi connectivity index (χ4v) is 5.37. The molecule has 1 heterocycles. The molecule has 4 rings (SSSR count). The molecular weight excluding hydrogens is 446 g/mol. The van der Waals surface area contributed by atoms with Crippen molar-refractivity contribution in [2.45, 2.75) is 37.3 Å². The minimum Gasteiger partial charge on any atom is -0.462 e. The van der Waals surface area contributed by atoms with E-state index >= 15 is 0 Å². The van der Waals surface area contributed by atoms with Crippen LogP contribution in [0.3, 0.4) is 0 Å². The largest absolute Gasteiger partial charge is 0.462 e. The molecule has 174 valence electrons. The molecule has 7 heteroatoms. The molecule has 1 atom stereocenters. The lowest BCUT2D eigenvalue weighted by atomic mass is 10.0. The molecule has 0 radical (unpaired) electrons. The number of nitrogens with zero attached hydrogens (tertiary/aromatic N) is 3. The molecule has 1 unspecified atom stereocenters. The van der Waals surface area contributed by atoms with Crippen LogP contribution in [-0.2, 0) is 27.1 Å². The van der Waals surface area contributed by atoms with Gasteiger partial charge in [0.1, 0.15) is 12.2 Å². The minimum absolute atomic E-state index is 0.0757. The lowest BCUT2D eigenvalue weighted by Gasteiger charge is -2.34. The molecule has 0 N–H and O–H groups in total. The predicted molar refractivity (Wildman–Crippen MR) is 134 cm³/mol. The third-order valence-electron chi connectivity index (χ3n) is 5.82. The van der Waals surface area contributed by atoms with Crippen LogP contribution in [0.1, 0.15) is 30.9 Å².